The summed E-state index contributed by atoms with van der Waals surface area (Å²) in [7, 11) is 0. The molecule has 0 rings (SSSR count). The molecule has 2 nitrogen and oxygen atoms in total. The first-order valence-electron chi connectivity index (χ1n) is 4.16. The molecule has 0 amide bonds. The fourth-order valence-electron chi connectivity index (χ4n) is 0.801. The van der Waals surface area contributed by atoms with Gasteiger partial charge in [0.2, 0.25) is 0 Å². The lowest BCUT2D eigenvalue weighted by Crippen LogP contribution is -2.36. The van der Waals surface area contributed by atoms with Gasteiger partial charge in [-0.25, -0.2) is 0 Å². The normalized spacial score (nSPS) is 11.6. The number of hydrogen-bond donors (Lipinski definition) is 1. The van der Waals surface area contributed by atoms with Crippen LogP contribution in [0.5, 0.6) is 0 Å². The Labute approximate surface area is 69.4 Å². The highest BCUT2D eigenvalue weighted by molar-refractivity contribution is 5.75. The zero-order valence-electron chi connectivity index (χ0n) is 8.03. The van der Waals surface area contributed by atoms with Crippen molar-refractivity contribution in [2.24, 2.45) is 0 Å². The summed E-state index contributed by atoms with van der Waals surface area (Å²) in [6.45, 7) is 8.95. The zero-order chi connectivity index (χ0) is 8.91. The van der Waals surface area contributed by atoms with Crippen molar-refractivity contribution >= 4 is 5.78 Å². The van der Waals surface area contributed by atoms with Crippen molar-refractivity contribution in [3.63, 3.8) is 0 Å². The molecular formula is C9H19NO. The van der Waals surface area contributed by atoms with E-state index in [1.807, 2.05) is 0 Å². The fourth-order valence-corrected chi connectivity index (χ4v) is 0.801. The summed E-state index contributed by atoms with van der Waals surface area (Å²) in [6.07, 6.45) is 1.65. The van der Waals surface area contributed by atoms with Crippen molar-refractivity contribution in [2.75, 3.05) is 6.54 Å². The molecule has 0 bridgehead atoms. The maximum absolute atomic E-state index is 10.5. The molecule has 0 aromatic heterocycles. The van der Waals surface area contributed by atoms with Gasteiger partial charge in [0.25, 0.3) is 0 Å². The molecule has 11 heavy (non-hydrogen) atoms. The summed E-state index contributed by atoms with van der Waals surface area (Å²) >= 11 is 0. The van der Waals surface area contributed by atoms with Crippen LogP contribution in [0.4, 0.5) is 0 Å². The van der Waals surface area contributed by atoms with Crippen LogP contribution in [0.1, 0.15) is 40.5 Å². The van der Waals surface area contributed by atoms with Crippen molar-refractivity contribution in [1.82, 2.24) is 5.32 Å². The lowest BCUT2D eigenvalue weighted by molar-refractivity contribution is -0.117. The van der Waals surface area contributed by atoms with Gasteiger partial charge in [-0.1, -0.05) is 0 Å². The fraction of sp³-hybridized carbons (Fsp3) is 0.889. The Morgan fingerprint density at radius 2 is 1.91 bits per heavy atom. The molecule has 0 saturated carbocycles. The summed E-state index contributed by atoms with van der Waals surface area (Å²) in [5.41, 5.74) is 0.177. The van der Waals surface area contributed by atoms with Gasteiger partial charge in [0.1, 0.15) is 5.78 Å². The molecule has 0 radical (unpaired) electrons. The Bertz CT molecular complexity index is 124. The molecule has 0 aliphatic carbocycles. The lowest BCUT2D eigenvalue weighted by atomic mass is 10.1. The van der Waals surface area contributed by atoms with Crippen molar-refractivity contribution in [3.8, 4) is 0 Å². The monoisotopic (exact) mass is 157 g/mol. The maximum Gasteiger partial charge on any atom is 0.129 e. The molecule has 0 aliphatic heterocycles. The summed E-state index contributed by atoms with van der Waals surface area (Å²) in [6, 6.07) is 0. The predicted octanol–water partition coefficient (Wildman–Crippen LogP) is 1.74. The first-order valence-corrected chi connectivity index (χ1v) is 4.16. The highest BCUT2D eigenvalue weighted by atomic mass is 16.1. The second-order valence-corrected chi connectivity index (χ2v) is 3.98. The molecule has 0 spiro atoms. The van der Waals surface area contributed by atoms with Crippen molar-refractivity contribution in [1.29, 1.82) is 0 Å². The van der Waals surface area contributed by atoms with E-state index in [0.29, 0.717) is 6.42 Å². The number of ketones is 1. The van der Waals surface area contributed by atoms with Gasteiger partial charge in [0, 0.05) is 12.0 Å². The molecule has 0 aliphatic rings. The molecular weight excluding hydrogens is 138 g/mol. The van der Waals surface area contributed by atoms with Crippen LogP contribution in [0, 0.1) is 0 Å². The van der Waals surface area contributed by atoms with E-state index in [-0.39, 0.29) is 11.3 Å². The highest BCUT2D eigenvalue weighted by Crippen LogP contribution is 1.98. The van der Waals surface area contributed by atoms with Crippen LogP contribution < -0.4 is 5.32 Å². The number of carbonyl (C=O) groups excluding carboxylic acids is 1. The Kier molecular flexibility index (Phi) is 4.34. The minimum absolute atomic E-state index is 0.177. The van der Waals surface area contributed by atoms with Crippen LogP contribution in [0.2, 0.25) is 0 Å². The summed E-state index contributed by atoms with van der Waals surface area (Å²) in [5, 5.41) is 3.32. The Morgan fingerprint density at radius 3 is 2.27 bits per heavy atom. The zero-order valence-corrected chi connectivity index (χ0v) is 8.03. The molecule has 1 N–H and O–H groups in total. The van der Waals surface area contributed by atoms with E-state index in [4.69, 9.17) is 0 Å². The van der Waals surface area contributed by atoms with E-state index < -0.39 is 0 Å². The summed E-state index contributed by atoms with van der Waals surface area (Å²) < 4.78 is 0. The second kappa shape index (κ2) is 4.50. The number of nitrogens with one attached hydrogen (secondary N) is 1. The van der Waals surface area contributed by atoms with Gasteiger partial charge in [-0.05, 0) is 40.7 Å². The van der Waals surface area contributed by atoms with E-state index >= 15 is 0 Å². The molecule has 0 saturated heterocycles. The number of Topliss-reactive ketones (excluding diaryl/α,β-unsaturated/α-hetero) is 1. The van der Waals surface area contributed by atoms with Crippen LogP contribution >= 0.6 is 0 Å². The largest absolute Gasteiger partial charge is 0.312 e. The van der Waals surface area contributed by atoms with Crippen molar-refractivity contribution in [3.05, 3.63) is 0 Å². The number of carbonyl (C=O) groups is 1. The Hall–Kier alpha value is -0.370. The van der Waals surface area contributed by atoms with Gasteiger partial charge < -0.3 is 10.1 Å². The molecule has 0 unspecified atom stereocenters. The number of hydrogen-bond acceptors (Lipinski definition) is 2. The highest BCUT2D eigenvalue weighted by Gasteiger charge is 2.07. The third kappa shape index (κ3) is 9.63. The SMILES string of the molecule is CC(=O)CCCNC(C)(C)C. The van der Waals surface area contributed by atoms with E-state index in [0.717, 1.165) is 13.0 Å². The van der Waals surface area contributed by atoms with Crippen LogP contribution in [0.15, 0.2) is 0 Å². The van der Waals surface area contributed by atoms with Crippen molar-refractivity contribution in [2.45, 2.75) is 46.1 Å². The Morgan fingerprint density at radius 1 is 1.36 bits per heavy atom. The van der Waals surface area contributed by atoms with E-state index in [9.17, 15) is 4.79 Å². The van der Waals surface area contributed by atoms with Crippen LogP contribution in [0.25, 0.3) is 0 Å². The van der Waals surface area contributed by atoms with E-state index in [1.165, 1.54) is 0 Å². The Balaban J connectivity index is 3.22. The average Bonchev–Trinajstić information content (AvgIpc) is 1.78. The minimum atomic E-state index is 0.177. The molecule has 0 aromatic rings. The van der Waals surface area contributed by atoms with Gasteiger partial charge >= 0.3 is 0 Å². The molecule has 0 aromatic carbocycles. The maximum atomic E-state index is 10.5. The van der Waals surface area contributed by atoms with Gasteiger partial charge in [-0.2, -0.15) is 0 Å². The predicted molar refractivity (Wildman–Crippen MR) is 47.7 cm³/mol. The molecule has 66 valence electrons. The van der Waals surface area contributed by atoms with Crippen LogP contribution in [-0.2, 0) is 4.79 Å². The van der Waals surface area contributed by atoms with Gasteiger partial charge in [0.15, 0.2) is 0 Å². The summed E-state index contributed by atoms with van der Waals surface area (Å²) in [4.78, 5) is 10.5. The van der Waals surface area contributed by atoms with Crippen molar-refractivity contribution < 1.29 is 4.79 Å². The standard InChI is InChI=1S/C9H19NO/c1-8(11)6-5-7-10-9(2,3)4/h10H,5-7H2,1-4H3. The van der Waals surface area contributed by atoms with E-state index in [1.54, 1.807) is 6.92 Å². The lowest BCUT2D eigenvalue weighted by Gasteiger charge is -2.20. The average molecular weight is 157 g/mol. The number of rotatable bonds is 4. The first kappa shape index (κ1) is 10.6. The molecule has 0 atom stereocenters. The van der Waals surface area contributed by atoms with Gasteiger partial charge in [-0.15, -0.1) is 0 Å². The van der Waals surface area contributed by atoms with Crippen LogP contribution in [0.3, 0.4) is 0 Å². The second-order valence-electron chi connectivity index (χ2n) is 3.98. The smallest absolute Gasteiger partial charge is 0.129 e. The molecule has 2 heteroatoms. The summed E-state index contributed by atoms with van der Waals surface area (Å²) in [5.74, 6) is 0.278. The molecule has 0 fully saturated rings. The minimum Gasteiger partial charge on any atom is -0.312 e. The third-order valence-electron chi connectivity index (χ3n) is 1.36. The van der Waals surface area contributed by atoms with Crippen LogP contribution in [-0.4, -0.2) is 17.9 Å². The van der Waals surface area contributed by atoms with Gasteiger partial charge in [0.05, 0.1) is 0 Å². The topological polar surface area (TPSA) is 29.1 Å². The first-order chi connectivity index (χ1) is 4.92. The van der Waals surface area contributed by atoms with E-state index in [2.05, 4.69) is 26.1 Å². The van der Waals surface area contributed by atoms with Gasteiger partial charge in [-0.3, -0.25) is 0 Å². The molecule has 0 heterocycles. The quantitative estimate of drug-likeness (QED) is 0.630. The third-order valence-corrected chi connectivity index (χ3v) is 1.36.